The van der Waals surface area contributed by atoms with Crippen molar-refractivity contribution in [3.05, 3.63) is 48.6 Å². The smallest absolute Gasteiger partial charge is 0.462 e. The number of carbonyl (C=O) groups excluding carboxylic acids is 2. The molecule has 54 heavy (non-hydrogen) atoms. The minimum Gasteiger partial charge on any atom is -0.462 e. The van der Waals surface area contributed by atoms with E-state index < -0.39 is 38.6 Å². The lowest BCUT2D eigenvalue weighted by molar-refractivity contribution is -0.161. The van der Waals surface area contributed by atoms with Crippen molar-refractivity contribution < 1.29 is 43.0 Å². The molecule has 9 nitrogen and oxygen atoms in total. The van der Waals surface area contributed by atoms with Gasteiger partial charge in [-0.15, -0.1) is 0 Å². The predicted molar refractivity (Wildman–Crippen MR) is 222 cm³/mol. The van der Waals surface area contributed by atoms with Crippen LogP contribution in [-0.2, 0) is 28.2 Å². The average Bonchev–Trinajstić information content (AvgIpc) is 3.13. The Hall–Kier alpha value is -2.03. The number of carbonyl (C=O) groups is 2. The standard InChI is InChI=1S/C44H79O9P/c1-3-5-7-9-11-13-15-17-18-19-20-21-23-25-27-29-31-33-37-44(47)53-42(40-52-54(48,49)50)39-51-43(46)38-34-36-41(45)35-32-30-28-26-24-22-16-14-12-10-8-6-4-2/h12,14,22,24,28,30,32,35,41-42,45H,3-11,13,15-21,23,25-27,29,31,33-34,36-40H2,1-2H3,(H2,48,49,50)/b14-12-,24-22-,30-28-,35-32+/t41-,42-/m1/s1. The predicted octanol–water partition coefficient (Wildman–Crippen LogP) is 12.1. The van der Waals surface area contributed by atoms with E-state index in [0.717, 1.165) is 38.5 Å². The van der Waals surface area contributed by atoms with E-state index in [2.05, 4.69) is 42.7 Å². The third-order valence-electron chi connectivity index (χ3n) is 9.20. The fourth-order valence-corrected chi connectivity index (χ4v) is 6.31. The number of hydrogen-bond donors (Lipinski definition) is 3. The first-order valence-electron chi connectivity index (χ1n) is 21.5. The number of hydrogen-bond acceptors (Lipinski definition) is 7. The molecule has 10 heteroatoms. The molecular formula is C44H79O9P. The van der Waals surface area contributed by atoms with Gasteiger partial charge in [0.15, 0.2) is 6.10 Å². The number of aliphatic hydroxyl groups is 1. The van der Waals surface area contributed by atoms with Crippen molar-refractivity contribution in [1.29, 1.82) is 0 Å². The van der Waals surface area contributed by atoms with Gasteiger partial charge in [-0.2, -0.15) is 0 Å². The second-order valence-electron chi connectivity index (χ2n) is 14.5. The van der Waals surface area contributed by atoms with Crippen molar-refractivity contribution >= 4 is 19.8 Å². The summed E-state index contributed by atoms with van der Waals surface area (Å²) in [6, 6.07) is 0. The second-order valence-corrected chi connectivity index (χ2v) is 15.8. The van der Waals surface area contributed by atoms with E-state index in [-0.39, 0.29) is 19.4 Å². The summed E-state index contributed by atoms with van der Waals surface area (Å²) in [4.78, 5) is 42.9. The molecule has 0 amide bonds. The molecule has 0 aliphatic rings. The van der Waals surface area contributed by atoms with Crippen molar-refractivity contribution in [2.75, 3.05) is 13.2 Å². The maximum Gasteiger partial charge on any atom is 0.469 e. The normalized spacial score (nSPS) is 13.5. The minimum absolute atomic E-state index is 0.0396. The number of unbranched alkanes of at least 4 members (excludes halogenated alkanes) is 20. The number of esters is 2. The fraction of sp³-hybridized carbons (Fsp3) is 0.773. The Morgan fingerprint density at radius 3 is 1.61 bits per heavy atom. The summed E-state index contributed by atoms with van der Waals surface area (Å²) in [5.74, 6) is -1.08. The Labute approximate surface area is 329 Å². The molecule has 0 aliphatic heterocycles. The quantitative estimate of drug-likeness (QED) is 0.0183. The van der Waals surface area contributed by atoms with Crippen molar-refractivity contribution in [2.45, 2.75) is 206 Å². The molecule has 0 rings (SSSR count). The highest BCUT2D eigenvalue weighted by atomic mass is 31.2. The molecule has 3 N–H and O–H groups in total. The van der Waals surface area contributed by atoms with Crippen LogP contribution in [0.4, 0.5) is 0 Å². The molecule has 0 unspecified atom stereocenters. The van der Waals surface area contributed by atoms with Gasteiger partial charge in [-0.3, -0.25) is 14.1 Å². The molecule has 0 bridgehead atoms. The van der Waals surface area contributed by atoms with Gasteiger partial charge in [-0.25, -0.2) is 4.57 Å². The van der Waals surface area contributed by atoms with Crippen LogP contribution in [0.2, 0.25) is 0 Å². The van der Waals surface area contributed by atoms with Crippen molar-refractivity contribution in [3.63, 3.8) is 0 Å². The van der Waals surface area contributed by atoms with E-state index in [1.807, 2.05) is 12.2 Å². The Morgan fingerprint density at radius 1 is 0.574 bits per heavy atom. The first-order valence-corrected chi connectivity index (χ1v) is 23.1. The summed E-state index contributed by atoms with van der Waals surface area (Å²) in [5.41, 5.74) is 0. The zero-order valence-electron chi connectivity index (χ0n) is 34.2. The lowest BCUT2D eigenvalue weighted by Crippen LogP contribution is -2.29. The molecule has 0 aromatic heterocycles. The van der Waals surface area contributed by atoms with Gasteiger partial charge in [0.1, 0.15) is 6.61 Å². The number of phosphoric acid groups is 1. The number of rotatable bonds is 39. The molecule has 0 radical (unpaired) electrons. The maximum absolute atomic E-state index is 12.4. The van der Waals surface area contributed by atoms with Crippen LogP contribution in [0.1, 0.15) is 194 Å². The van der Waals surface area contributed by atoms with Gasteiger partial charge in [-0.05, 0) is 44.9 Å². The Morgan fingerprint density at radius 2 is 1.06 bits per heavy atom. The summed E-state index contributed by atoms with van der Waals surface area (Å²) in [6.45, 7) is 3.50. The second kappa shape index (κ2) is 39.2. The highest BCUT2D eigenvalue weighted by Gasteiger charge is 2.23. The van der Waals surface area contributed by atoms with Crippen LogP contribution in [0.15, 0.2) is 48.6 Å². The molecule has 0 saturated carbocycles. The van der Waals surface area contributed by atoms with E-state index in [9.17, 15) is 19.3 Å². The first kappa shape index (κ1) is 52.0. The van der Waals surface area contributed by atoms with Crippen LogP contribution >= 0.6 is 7.82 Å². The van der Waals surface area contributed by atoms with Crippen LogP contribution in [0.5, 0.6) is 0 Å². The number of ether oxygens (including phenoxy) is 2. The Balaban J connectivity index is 4.07. The van der Waals surface area contributed by atoms with Crippen LogP contribution in [0.3, 0.4) is 0 Å². The molecule has 314 valence electrons. The third-order valence-corrected chi connectivity index (χ3v) is 9.69. The Bertz CT molecular complexity index is 1030. The number of allylic oxidation sites excluding steroid dienone is 7. The summed E-state index contributed by atoms with van der Waals surface area (Å²) >= 11 is 0. The first-order chi connectivity index (χ1) is 26.2. The lowest BCUT2D eigenvalue weighted by Gasteiger charge is -2.18. The third kappa shape index (κ3) is 41.1. The molecule has 0 fully saturated rings. The largest absolute Gasteiger partial charge is 0.469 e. The molecule has 0 saturated heterocycles. The lowest BCUT2D eigenvalue weighted by atomic mass is 10.0. The van der Waals surface area contributed by atoms with Crippen molar-refractivity contribution in [3.8, 4) is 0 Å². The van der Waals surface area contributed by atoms with Gasteiger partial charge >= 0.3 is 19.8 Å². The van der Waals surface area contributed by atoms with Crippen molar-refractivity contribution in [2.24, 2.45) is 0 Å². The average molecular weight is 783 g/mol. The number of aliphatic hydroxyl groups excluding tert-OH is 1. The van der Waals surface area contributed by atoms with Gasteiger partial charge < -0.3 is 24.4 Å². The monoisotopic (exact) mass is 783 g/mol. The summed E-state index contributed by atoms with van der Waals surface area (Å²) in [5, 5.41) is 10.2. The molecular weight excluding hydrogens is 703 g/mol. The van der Waals surface area contributed by atoms with E-state index in [4.69, 9.17) is 19.3 Å². The molecule has 0 aromatic rings. The fourth-order valence-electron chi connectivity index (χ4n) is 5.95. The molecule has 0 spiro atoms. The van der Waals surface area contributed by atoms with Crippen LogP contribution in [0.25, 0.3) is 0 Å². The SMILES string of the molecule is CCCCC/C=C\C/C=C\C/C=C\C=C\[C@@H](O)CCCC(=O)OC[C@H](COP(=O)(O)O)OC(=O)CCCCCCCCCCCCCCCCCCCC. The van der Waals surface area contributed by atoms with Gasteiger partial charge in [0.2, 0.25) is 0 Å². The van der Waals surface area contributed by atoms with E-state index in [1.165, 1.54) is 109 Å². The zero-order chi connectivity index (χ0) is 39.8. The van der Waals surface area contributed by atoms with Gasteiger partial charge in [0.05, 0.1) is 12.7 Å². The van der Waals surface area contributed by atoms with Crippen LogP contribution in [-0.4, -0.2) is 52.3 Å². The van der Waals surface area contributed by atoms with Gasteiger partial charge in [0, 0.05) is 12.8 Å². The summed E-state index contributed by atoms with van der Waals surface area (Å²) in [6.07, 6.45) is 44.3. The van der Waals surface area contributed by atoms with E-state index >= 15 is 0 Å². The molecule has 0 heterocycles. The van der Waals surface area contributed by atoms with E-state index in [1.54, 1.807) is 12.2 Å². The van der Waals surface area contributed by atoms with Crippen LogP contribution in [0, 0.1) is 0 Å². The molecule has 0 aliphatic carbocycles. The van der Waals surface area contributed by atoms with E-state index in [0.29, 0.717) is 19.3 Å². The highest BCUT2D eigenvalue weighted by Crippen LogP contribution is 2.36. The topological polar surface area (TPSA) is 140 Å². The highest BCUT2D eigenvalue weighted by molar-refractivity contribution is 7.46. The molecule has 0 aromatic carbocycles. The summed E-state index contributed by atoms with van der Waals surface area (Å²) < 4.78 is 26.3. The number of phosphoric ester groups is 1. The summed E-state index contributed by atoms with van der Waals surface area (Å²) in [7, 11) is -4.80. The molecule has 2 atom stereocenters. The zero-order valence-corrected chi connectivity index (χ0v) is 35.1. The maximum atomic E-state index is 12.4. The van der Waals surface area contributed by atoms with Crippen LogP contribution < -0.4 is 0 Å². The van der Waals surface area contributed by atoms with Gasteiger partial charge in [0.25, 0.3) is 0 Å². The minimum atomic E-state index is -4.80. The van der Waals surface area contributed by atoms with Crippen molar-refractivity contribution in [1.82, 2.24) is 0 Å². The Kier molecular flexibility index (Phi) is 37.7. The van der Waals surface area contributed by atoms with Gasteiger partial charge in [-0.1, -0.05) is 184 Å².